The number of aromatic nitrogens is 4. The van der Waals surface area contributed by atoms with Crippen molar-refractivity contribution in [3.8, 4) is 17.0 Å². The number of nitrogens with one attached hydrogen (secondary N) is 1. The third-order valence-electron chi connectivity index (χ3n) is 5.67. The molecule has 3 heterocycles. The van der Waals surface area contributed by atoms with E-state index >= 15 is 0 Å². The largest absolute Gasteiger partial charge is 0.497 e. The zero-order chi connectivity index (χ0) is 23.5. The van der Waals surface area contributed by atoms with Crippen LogP contribution < -0.4 is 15.7 Å². The van der Waals surface area contributed by atoms with Crippen LogP contribution >= 0.6 is 0 Å². The van der Waals surface area contributed by atoms with Crippen LogP contribution in [0.25, 0.3) is 27.8 Å². The van der Waals surface area contributed by atoms with Gasteiger partial charge in [-0.1, -0.05) is 24.3 Å². The molecule has 5 rings (SSSR count). The van der Waals surface area contributed by atoms with Gasteiger partial charge in [0.2, 0.25) is 0 Å². The molecule has 0 spiro atoms. The summed E-state index contributed by atoms with van der Waals surface area (Å²) in [6.45, 7) is 0.822. The van der Waals surface area contributed by atoms with Crippen molar-refractivity contribution in [3.63, 3.8) is 0 Å². The molecule has 0 bridgehead atoms. The fourth-order valence-corrected chi connectivity index (χ4v) is 3.91. The summed E-state index contributed by atoms with van der Waals surface area (Å²) in [5.74, 6) is 0.572. The fraction of sp³-hybridized carbons (Fsp3) is 0.154. The number of fused-ring (bicyclic) bond motifs is 2. The SMILES string of the molecule is COc1ccc(-c2cc(C(=O)NCCCn3nc4ccccn4c3=O)c3ccccc3n2)cc1. The first kappa shape index (κ1) is 21.4. The Morgan fingerprint density at radius 2 is 1.82 bits per heavy atom. The lowest BCUT2D eigenvalue weighted by Crippen LogP contribution is -2.27. The third kappa shape index (κ3) is 4.13. The minimum atomic E-state index is -0.189. The molecule has 8 heteroatoms. The van der Waals surface area contributed by atoms with Crippen molar-refractivity contribution in [3.05, 3.63) is 95.0 Å². The van der Waals surface area contributed by atoms with Crippen LogP contribution in [0, 0.1) is 0 Å². The minimum absolute atomic E-state index is 0.185. The Labute approximate surface area is 195 Å². The van der Waals surface area contributed by atoms with Crippen LogP contribution in [0.5, 0.6) is 5.75 Å². The van der Waals surface area contributed by atoms with E-state index in [9.17, 15) is 9.59 Å². The van der Waals surface area contributed by atoms with Gasteiger partial charge in [0.05, 0.1) is 23.9 Å². The van der Waals surface area contributed by atoms with E-state index in [1.807, 2.05) is 60.7 Å². The zero-order valence-corrected chi connectivity index (χ0v) is 18.6. The Balaban J connectivity index is 1.33. The van der Waals surface area contributed by atoms with E-state index in [1.165, 1.54) is 9.08 Å². The quantitative estimate of drug-likeness (QED) is 0.381. The molecule has 2 aromatic carbocycles. The number of carbonyl (C=O) groups excluding carboxylic acids is 1. The van der Waals surface area contributed by atoms with Crippen molar-refractivity contribution in [2.75, 3.05) is 13.7 Å². The molecule has 170 valence electrons. The molecule has 3 aromatic heterocycles. The van der Waals surface area contributed by atoms with Gasteiger partial charge in [-0.2, -0.15) is 0 Å². The molecular formula is C26H23N5O3. The van der Waals surface area contributed by atoms with Crippen molar-refractivity contribution in [1.29, 1.82) is 0 Å². The summed E-state index contributed by atoms with van der Waals surface area (Å²) in [4.78, 5) is 30.3. The van der Waals surface area contributed by atoms with E-state index in [0.29, 0.717) is 36.4 Å². The van der Waals surface area contributed by atoms with Gasteiger partial charge in [0.1, 0.15) is 5.75 Å². The number of aryl methyl sites for hydroxylation is 1. The van der Waals surface area contributed by atoms with Crippen LogP contribution in [0.3, 0.4) is 0 Å². The van der Waals surface area contributed by atoms with Gasteiger partial charge < -0.3 is 10.1 Å². The molecule has 8 nitrogen and oxygen atoms in total. The zero-order valence-electron chi connectivity index (χ0n) is 18.6. The summed E-state index contributed by atoms with van der Waals surface area (Å²) in [5.41, 5.74) is 3.32. The maximum absolute atomic E-state index is 13.1. The maximum atomic E-state index is 13.1. The predicted octanol–water partition coefficient (Wildman–Crippen LogP) is 3.54. The molecule has 0 aliphatic carbocycles. The van der Waals surface area contributed by atoms with E-state index in [0.717, 1.165) is 22.2 Å². The molecule has 0 unspecified atom stereocenters. The molecule has 5 aromatic rings. The fourth-order valence-electron chi connectivity index (χ4n) is 3.91. The van der Waals surface area contributed by atoms with Gasteiger partial charge in [-0.05, 0) is 55.0 Å². The second kappa shape index (κ2) is 9.19. The van der Waals surface area contributed by atoms with Gasteiger partial charge >= 0.3 is 5.69 Å². The second-order valence-corrected chi connectivity index (χ2v) is 7.84. The third-order valence-corrected chi connectivity index (χ3v) is 5.67. The Hall–Kier alpha value is -4.46. The highest BCUT2D eigenvalue weighted by Crippen LogP contribution is 2.26. The van der Waals surface area contributed by atoms with Crippen LogP contribution in [0.4, 0.5) is 0 Å². The molecule has 0 radical (unpaired) electrons. The predicted molar refractivity (Wildman–Crippen MR) is 130 cm³/mol. The lowest BCUT2D eigenvalue weighted by Gasteiger charge is -2.11. The second-order valence-electron chi connectivity index (χ2n) is 7.84. The number of benzene rings is 2. The summed E-state index contributed by atoms with van der Waals surface area (Å²) in [6, 6.07) is 22.4. The van der Waals surface area contributed by atoms with Crippen molar-refractivity contribution < 1.29 is 9.53 Å². The van der Waals surface area contributed by atoms with Crippen molar-refractivity contribution in [1.82, 2.24) is 24.5 Å². The van der Waals surface area contributed by atoms with Gasteiger partial charge in [-0.15, -0.1) is 5.10 Å². The Bertz CT molecular complexity index is 1540. The number of hydrogen-bond donors (Lipinski definition) is 1. The molecule has 34 heavy (non-hydrogen) atoms. The first-order chi connectivity index (χ1) is 16.6. The number of rotatable bonds is 7. The molecule has 0 atom stereocenters. The minimum Gasteiger partial charge on any atom is -0.497 e. The van der Waals surface area contributed by atoms with Crippen molar-refractivity contribution >= 4 is 22.5 Å². The summed E-state index contributed by atoms with van der Waals surface area (Å²) >= 11 is 0. The summed E-state index contributed by atoms with van der Waals surface area (Å²) in [7, 11) is 1.62. The lowest BCUT2D eigenvalue weighted by molar-refractivity contribution is 0.0954. The highest BCUT2D eigenvalue weighted by atomic mass is 16.5. The summed E-state index contributed by atoms with van der Waals surface area (Å²) in [6.07, 6.45) is 2.27. The smallest absolute Gasteiger partial charge is 0.350 e. The first-order valence-electron chi connectivity index (χ1n) is 11.0. The molecule has 0 saturated carbocycles. The van der Waals surface area contributed by atoms with Crippen LogP contribution in [0.1, 0.15) is 16.8 Å². The number of nitrogens with zero attached hydrogens (tertiary/aromatic N) is 4. The number of amides is 1. The van der Waals surface area contributed by atoms with Crippen LogP contribution in [-0.4, -0.2) is 38.7 Å². The number of carbonyl (C=O) groups is 1. The van der Waals surface area contributed by atoms with E-state index in [1.54, 1.807) is 25.4 Å². The molecule has 0 fully saturated rings. The van der Waals surface area contributed by atoms with Gasteiger partial charge in [0.15, 0.2) is 5.65 Å². The van der Waals surface area contributed by atoms with Crippen molar-refractivity contribution in [2.24, 2.45) is 0 Å². The van der Waals surface area contributed by atoms with E-state index in [2.05, 4.69) is 10.4 Å². The maximum Gasteiger partial charge on any atom is 0.350 e. The number of para-hydroxylation sites is 1. The van der Waals surface area contributed by atoms with Crippen LogP contribution in [0.15, 0.2) is 83.8 Å². The Morgan fingerprint density at radius 1 is 1.03 bits per heavy atom. The molecule has 0 aliphatic rings. The van der Waals surface area contributed by atoms with Crippen LogP contribution in [0.2, 0.25) is 0 Å². The number of pyridine rings is 2. The van der Waals surface area contributed by atoms with E-state index < -0.39 is 0 Å². The standard InChI is InChI=1S/C26H23N5O3/c1-34-19-12-10-18(11-13-19)23-17-21(20-7-2-3-8-22(20)28-23)25(32)27-14-6-16-31-26(33)30-15-5-4-9-24(30)29-31/h2-5,7-13,15,17H,6,14,16H2,1H3,(H,27,32). The molecule has 0 aliphatic heterocycles. The molecule has 1 amide bonds. The lowest BCUT2D eigenvalue weighted by atomic mass is 10.0. The number of hydrogen-bond acceptors (Lipinski definition) is 5. The topological polar surface area (TPSA) is 90.5 Å². The normalized spacial score (nSPS) is 11.1. The average Bonchev–Trinajstić information content (AvgIpc) is 3.21. The van der Waals surface area contributed by atoms with Gasteiger partial charge in [0.25, 0.3) is 5.91 Å². The molecule has 1 N–H and O–H groups in total. The van der Waals surface area contributed by atoms with Crippen LogP contribution in [-0.2, 0) is 6.54 Å². The van der Waals surface area contributed by atoms with Gasteiger partial charge in [0, 0.05) is 30.2 Å². The Kier molecular flexibility index (Phi) is 5.78. The molecular weight excluding hydrogens is 430 g/mol. The van der Waals surface area contributed by atoms with Gasteiger partial charge in [-0.25, -0.2) is 14.5 Å². The Morgan fingerprint density at radius 3 is 2.62 bits per heavy atom. The number of methoxy groups -OCH3 is 1. The van der Waals surface area contributed by atoms with Gasteiger partial charge in [-0.3, -0.25) is 9.20 Å². The average molecular weight is 454 g/mol. The van der Waals surface area contributed by atoms with E-state index in [4.69, 9.17) is 9.72 Å². The van der Waals surface area contributed by atoms with E-state index in [-0.39, 0.29) is 11.6 Å². The molecule has 0 saturated heterocycles. The highest BCUT2D eigenvalue weighted by Gasteiger charge is 2.14. The highest BCUT2D eigenvalue weighted by molar-refractivity contribution is 6.07. The first-order valence-corrected chi connectivity index (χ1v) is 11.0. The van der Waals surface area contributed by atoms with Crippen molar-refractivity contribution in [2.45, 2.75) is 13.0 Å². The monoisotopic (exact) mass is 453 g/mol. The number of ether oxygens (including phenoxy) is 1. The summed E-state index contributed by atoms with van der Waals surface area (Å²) in [5, 5.41) is 8.08. The summed E-state index contributed by atoms with van der Waals surface area (Å²) < 4.78 is 8.16.